The second-order valence-corrected chi connectivity index (χ2v) is 7.28. The molecule has 1 saturated carbocycles. The fourth-order valence-electron chi connectivity index (χ4n) is 2.49. The molecule has 1 aromatic heterocycles. The van der Waals surface area contributed by atoms with Crippen LogP contribution in [0.15, 0.2) is 27.1 Å². The molecular weight excluding hydrogens is 382 g/mol. The number of aromatic nitrogens is 2. The third kappa shape index (κ3) is 2.42. The first kappa shape index (κ1) is 14.1. The molecule has 1 aliphatic carbocycles. The third-order valence-corrected chi connectivity index (χ3v) is 5.51. The Kier molecular flexibility index (Phi) is 3.67. The molecule has 0 saturated heterocycles. The summed E-state index contributed by atoms with van der Waals surface area (Å²) >= 11 is 7.03. The van der Waals surface area contributed by atoms with Crippen molar-refractivity contribution in [1.29, 1.82) is 0 Å². The molecule has 0 bridgehead atoms. The van der Waals surface area contributed by atoms with Gasteiger partial charge in [-0.2, -0.15) is 0 Å². The highest BCUT2D eigenvalue weighted by Crippen LogP contribution is 2.43. The van der Waals surface area contributed by atoms with Gasteiger partial charge in [-0.1, -0.05) is 6.07 Å². The van der Waals surface area contributed by atoms with Crippen LogP contribution < -0.4 is 5.73 Å². The highest BCUT2D eigenvalue weighted by molar-refractivity contribution is 9.13. The van der Waals surface area contributed by atoms with Crippen LogP contribution in [0.4, 0.5) is 5.82 Å². The van der Waals surface area contributed by atoms with E-state index in [1.807, 2.05) is 6.07 Å². The van der Waals surface area contributed by atoms with Gasteiger partial charge in [-0.3, -0.25) is 0 Å². The summed E-state index contributed by atoms with van der Waals surface area (Å²) in [4.78, 5) is 4.84. The van der Waals surface area contributed by atoms with Crippen LogP contribution in [0.5, 0.6) is 0 Å². The zero-order chi connectivity index (χ0) is 14.4. The van der Waals surface area contributed by atoms with E-state index < -0.39 is 0 Å². The second-order valence-electron chi connectivity index (χ2n) is 5.57. The zero-order valence-electron chi connectivity index (χ0n) is 11.5. The largest absolute Gasteiger partial charge is 0.383 e. The molecule has 2 N–H and O–H groups in total. The lowest BCUT2D eigenvalue weighted by Crippen LogP contribution is -2.08. The van der Waals surface area contributed by atoms with Crippen molar-refractivity contribution < 1.29 is 0 Å². The number of nitrogens with two attached hydrogens (primary N) is 1. The lowest BCUT2D eigenvalue weighted by atomic mass is 10.1. The van der Waals surface area contributed by atoms with Gasteiger partial charge in [0.25, 0.3) is 0 Å². The molecule has 1 heterocycles. The van der Waals surface area contributed by atoms with Crippen molar-refractivity contribution in [2.45, 2.75) is 38.6 Å². The van der Waals surface area contributed by atoms with E-state index in [0.29, 0.717) is 12.0 Å². The standard InChI is InChI=1S/C15H17Br2N3/c1-8(2)20-14(18)13(19-15(20)9-3-4-9)10-5-6-11(16)12(17)7-10/h5-9H,3-4,18H2,1-2H3. The van der Waals surface area contributed by atoms with Crippen LogP contribution in [0, 0.1) is 0 Å². The Morgan fingerprint density at radius 2 is 1.95 bits per heavy atom. The summed E-state index contributed by atoms with van der Waals surface area (Å²) in [7, 11) is 0. The van der Waals surface area contributed by atoms with Crippen LogP contribution in [0.1, 0.15) is 44.5 Å². The number of benzene rings is 1. The van der Waals surface area contributed by atoms with Crippen LogP contribution in [0.25, 0.3) is 11.3 Å². The Bertz CT molecular complexity index is 657. The van der Waals surface area contributed by atoms with E-state index in [9.17, 15) is 0 Å². The summed E-state index contributed by atoms with van der Waals surface area (Å²) in [6, 6.07) is 6.47. The molecule has 0 aliphatic heterocycles. The molecule has 0 spiro atoms. The maximum atomic E-state index is 6.36. The summed E-state index contributed by atoms with van der Waals surface area (Å²) in [5.74, 6) is 2.51. The van der Waals surface area contributed by atoms with Crippen LogP contribution in [0.3, 0.4) is 0 Å². The van der Waals surface area contributed by atoms with E-state index >= 15 is 0 Å². The topological polar surface area (TPSA) is 43.8 Å². The van der Waals surface area contributed by atoms with E-state index in [4.69, 9.17) is 10.7 Å². The SMILES string of the molecule is CC(C)n1c(C2CC2)nc(-c2ccc(Br)c(Br)c2)c1N. The molecule has 2 aromatic rings. The summed E-state index contributed by atoms with van der Waals surface area (Å²) in [6.07, 6.45) is 2.46. The van der Waals surface area contributed by atoms with Gasteiger partial charge in [-0.25, -0.2) is 4.98 Å². The minimum Gasteiger partial charge on any atom is -0.383 e. The number of hydrogen-bond acceptors (Lipinski definition) is 2. The van der Waals surface area contributed by atoms with E-state index in [-0.39, 0.29) is 0 Å². The van der Waals surface area contributed by atoms with Gasteiger partial charge in [0.2, 0.25) is 0 Å². The first-order chi connectivity index (χ1) is 9.49. The molecular formula is C15H17Br2N3. The Labute approximate surface area is 135 Å². The fourth-order valence-corrected chi connectivity index (χ4v) is 3.12. The fraction of sp³-hybridized carbons (Fsp3) is 0.400. The van der Waals surface area contributed by atoms with Crippen LogP contribution in [-0.2, 0) is 0 Å². The second kappa shape index (κ2) is 5.19. The molecule has 1 aromatic carbocycles. The summed E-state index contributed by atoms with van der Waals surface area (Å²) in [5, 5.41) is 0. The quantitative estimate of drug-likeness (QED) is 0.779. The number of nitrogens with zero attached hydrogens (tertiary/aromatic N) is 2. The number of rotatable bonds is 3. The molecule has 0 amide bonds. The highest BCUT2D eigenvalue weighted by Gasteiger charge is 2.31. The predicted molar refractivity (Wildman–Crippen MR) is 89.8 cm³/mol. The maximum Gasteiger partial charge on any atom is 0.131 e. The van der Waals surface area contributed by atoms with Gasteiger partial charge in [-0.15, -0.1) is 0 Å². The number of imidazole rings is 1. The predicted octanol–water partition coefficient (Wildman–Crippen LogP) is 5.12. The third-order valence-electron chi connectivity index (χ3n) is 3.63. The van der Waals surface area contributed by atoms with E-state index in [1.165, 1.54) is 12.8 Å². The molecule has 106 valence electrons. The first-order valence-corrected chi connectivity index (χ1v) is 8.40. The van der Waals surface area contributed by atoms with E-state index in [2.05, 4.69) is 62.4 Å². The Morgan fingerprint density at radius 1 is 1.25 bits per heavy atom. The Morgan fingerprint density at radius 3 is 2.50 bits per heavy atom. The number of halogens is 2. The van der Waals surface area contributed by atoms with Gasteiger partial charge in [-0.05, 0) is 70.7 Å². The molecule has 1 aliphatic rings. The van der Waals surface area contributed by atoms with Gasteiger partial charge < -0.3 is 10.3 Å². The van der Waals surface area contributed by atoms with Crippen molar-refractivity contribution in [3.05, 3.63) is 33.0 Å². The van der Waals surface area contributed by atoms with Crippen molar-refractivity contribution in [2.75, 3.05) is 5.73 Å². The van der Waals surface area contributed by atoms with Gasteiger partial charge in [0.1, 0.15) is 17.3 Å². The van der Waals surface area contributed by atoms with Gasteiger partial charge in [0.15, 0.2) is 0 Å². The monoisotopic (exact) mass is 397 g/mol. The van der Waals surface area contributed by atoms with Crippen molar-refractivity contribution in [3.63, 3.8) is 0 Å². The Balaban J connectivity index is 2.13. The lowest BCUT2D eigenvalue weighted by molar-refractivity contribution is 0.576. The normalized spacial score (nSPS) is 15.1. The van der Waals surface area contributed by atoms with Crippen molar-refractivity contribution in [2.24, 2.45) is 0 Å². The molecule has 20 heavy (non-hydrogen) atoms. The minimum absolute atomic E-state index is 0.339. The maximum absolute atomic E-state index is 6.36. The number of nitrogen functional groups attached to an aromatic ring is 1. The van der Waals surface area contributed by atoms with Crippen molar-refractivity contribution >= 4 is 37.7 Å². The van der Waals surface area contributed by atoms with Gasteiger partial charge in [0.05, 0.1) is 0 Å². The van der Waals surface area contributed by atoms with Crippen molar-refractivity contribution in [3.8, 4) is 11.3 Å². The summed E-state index contributed by atoms with van der Waals surface area (Å²) < 4.78 is 4.23. The van der Waals surface area contributed by atoms with E-state index in [0.717, 1.165) is 31.8 Å². The van der Waals surface area contributed by atoms with Crippen LogP contribution in [-0.4, -0.2) is 9.55 Å². The van der Waals surface area contributed by atoms with Crippen LogP contribution >= 0.6 is 31.9 Å². The summed E-state index contributed by atoms with van der Waals surface area (Å²) in [5.41, 5.74) is 8.32. The molecule has 3 nitrogen and oxygen atoms in total. The van der Waals surface area contributed by atoms with Crippen LogP contribution in [0.2, 0.25) is 0 Å². The average molecular weight is 399 g/mol. The average Bonchev–Trinajstić information content (AvgIpc) is 3.16. The minimum atomic E-state index is 0.339. The highest BCUT2D eigenvalue weighted by atomic mass is 79.9. The lowest BCUT2D eigenvalue weighted by Gasteiger charge is -2.13. The Hall–Kier alpha value is -0.810. The molecule has 0 unspecified atom stereocenters. The van der Waals surface area contributed by atoms with E-state index in [1.54, 1.807) is 0 Å². The van der Waals surface area contributed by atoms with Crippen molar-refractivity contribution in [1.82, 2.24) is 9.55 Å². The molecule has 1 fully saturated rings. The van der Waals surface area contributed by atoms with Gasteiger partial charge >= 0.3 is 0 Å². The molecule has 5 heteroatoms. The summed E-state index contributed by atoms with van der Waals surface area (Å²) in [6.45, 7) is 4.32. The number of anilines is 1. The first-order valence-electron chi connectivity index (χ1n) is 6.82. The van der Waals surface area contributed by atoms with Gasteiger partial charge in [0, 0.05) is 26.5 Å². The molecule has 0 radical (unpaired) electrons. The zero-order valence-corrected chi connectivity index (χ0v) is 14.7. The molecule has 3 rings (SSSR count). The number of hydrogen-bond donors (Lipinski definition) is 1. The molecule has 0 atom stereocenters. The smallest absolute Gasteiger partial charge is 0.131 e.